The number of halogens is 1. The van der Waals surface area contributed by atoms with Gasteiger partial charge in [0.1, 0.15) is 6.54 Å². The van der Waals surface area contributed by atoms with Crippen molar-refractivity contribution in [1.82, 2.24) is 0 Å². The van der Waals surface area contributed by atoms with Crippen LogP contribution < -0.4 is 5.32 Å². The normalized spacial score (nSPS) is 13.7. The third kappa shape index (κ3) is 2.68. The second-order valence-corrected chi connectivity index (χ2v) is 5.15. The third-order valence-corrected chi connectivity index (χ3v) is 3.46. The van der Waals surface area contributed by atoms with Gasteiger partial charge in [0.2, 0.25) is 5.91 Å². The van der Waals surface area contributed by atoms with Crippen LogP contribution in [0, 0.1) is 10.1 Å². The zero-order chi connectivity index (χ0) is 15.7. The number of carbonyl (C=O) groups excluding carboxylic acids is 1. The lowest BCUT2D eigenvalue weighted by Crippen LogP contribution is -2.13. The van der Waals surface area contributed by atoms with Gasteiger partial charge in [-0.3, -0.25) is 19.9 Å². The van der Waals surface area contributed by atoms with Crippen molar-refractivity contribution < 1.29 is 9.72 Å². The highest BCUT2D eigenvalue weighted by atomic mass is 35.5. The van der Waals surface area contributed by atoms with Gasteiger partial charge in [-0.25, -0.2) is 0 Å². The molecule has 3 rings (SSSR count). The number of nitrogens with zero attached hydrogens (tertiary/aromatic N) is 2. The Morgan fingerprint density at radius 1 is 1.23 bits per heavy atom. The lowest BCUT2D eigenvalue weighted by atomic mass is 10.00. The summed E-state index contributed by atoms with van der Waals surface area (Å²) in [4.78, 5) is 26.5. The van der Waals surface area contributed by atoms with E-state index >= 15 is 0 Å². The van der Waals surface area contributed by atoms with Gasteiger partial charge in [0.05, 0.1) is 16.3 Å². The van der Waals surface area contributed by atoms with E-state index in [0.717, 1.165) is 0 Å². The predicted molar refractivity (Wildman–Crippen MR) is 83.7 cm³/mol. The number of hydrogen-bond donors (Lipinski definition) is 1. The molecule has 1 heterocycles. The first-order chi connectivity index (χ1) is 10.5. The quantitative estimate of drug-likeness (QED) is 0.682. The number of fused-ring (bicyclic) bond motifs is 1. The van der Waals surface area contributed by atoms with Gasteiger partial charge in [-0.1, -0.05) is 23.7 Å². The number of nitrogens with one attached hydrogen (secondary N) is 1. The van der Waals surface area contributed by atoms with Crippen LogP contribution in [0.5, 0.6) is 0 Å². The molecule has 22 heavy (non-hydrogen) atoms. The molecule has 0 spiro atoms. The maximum absolute atomic E-state index is 11.7. The number of nitro groups is 1. The Morgan fingerprint density at radius 3 is 2.82 bits per heavy atom. The number of nitro benzene ring substituents is 1. The van der Waals surface area contributed by atoms with Crippen molar-refractivity contribution in [3.8, 4) is 0 Å². The molecule has 0 aliphatic carbocycles. The maximum atomic E-state index is 11.7. The fraction of sp³-hybridized carbons (Fsp3) is 0.0667. The van der Waals surface area contributed by atoms with Crippen LogP contribution in [0.3, 0.4) is 0 Å². The van der Waals surface area contributed by atoms with Crippen LogP contribution in [0.15, 0.2) is 47.5 Å². The molecule has 6 nitrogen and oxygen atoms in total. The summed E-state index contributed by atoms with van der Waals surface area (Å²) in [6.07, 6.45) is 0. The number of non-ortho nitro benzene ring substituents is 1. The Morgan fingerprint density at radius 2 is 2.05 bits per heavy atom. The Hall–Kier alpha value is -2.73. The van der Waals surface area contributed by atoms with Gasteiger partial charge in [0, 0.05) is 28.3 Å². The Kier molecular flexibility index (Phi) is 3.60. The smallest absolute Gasteiger partial charge is 0.270 e. The first kappa shape index (κ1) is 14.2. The van der Waals surface area contributed by atoms with E-state index in [0.29, 0.717) is 27.5 Å². The molecule has 0 saturated heterocycles. The van der Waals surface area contributed by atoms with Crippen molar-refractivity contribution in [3.63, 3.8) is 0 Å². The first-order valence-corrected chi connectivity index (χ1v) is 6.81. The van der Waals surface area contributed by atoms with Crippen molar-refractivity contribution in [1.29, 1.82) is 0 Å². The zero-order valence-electron chi connectivity index (χ0n) is 11.2. The summed E-state index contributed by atoms with van der Waals surface area (Å²) >= 11 is 6.02. The minimum Gasteiger partial charge on any atom is -0.324 e. The number of carbonyl (C=O) groups is 1. The summed E-state index contributed by atoms with van der Waals surface area (Å²) in [5.41, 5.74) is 2.25. The first-order valence-electron chi connectivity index (χ1n) is 6.43. The van der Waals surface area contributed by atoms with E-state index in [-0.39, 0.29) is 18.1 Å². The molecule has 0 fully saturated rings. The number of hydrogen-bond acceptors (Lipinski definition) is 4. The molecule has 0 bridgehead atoms. The van der Waals surface area contributed by atoms with Crippen LogP contribution in [0.1, 0.15) is 11.1 Å². The Labute approximate surface area is 130 Å². The molecule has 0 aromatic heterocycles. The van der Waals surface area contributed by atoms with Gasteiger partial charge >= 0.3 is 0 Å². The van der Waals surface area contributed by atoms with Crippen LogP contribution in [-0.4, -0.2) is 23.1 Å². The second-order valence-electron chi connectivity index (χ2n) is 4.71. The Bertz CT molecular complexity index is 817. The summed E-state index contributed by atoms with van der Waals surface area (Å²) in [5, 5.41) is 14.2. The summed E-state index contributed by atoms with van der Waals surface area (Å²) in [5.74, 6) is -0.246. The monoisotopic (exact) mass is 315 g/mol. The second kappa shape index (κ2) is 5.57. The molecule has 2 aromatic rings. The van der Waals surface area contributed by atoms with Gasteiger partial charge in [0.15, 0.2) is 0 Å². The van der Waals surface area contributed by atoms with Gasteiger partial charge in [-0.15, -0.1) is 0 Å². The Balaban J connectivity index is 2.18. The highest BCUT2D eigenvalue weighted by molar-refractivity contribution is 6.32. The number of benzodiazepines with no additional fused rings is 1. The lowest BCUT2D eigenvalue weighted by molar-refractivity contribution is -0.384. The summed E-state index contributed by atoms with van der Waals surface area (Å²) in [6, 6.07) is 11.2. The molecular weight excluding hydrogens is 306 g/mol. The van der Waals surface area contributed by atoms with E-state index < -0.39 is 4.92 Å². The minimum atomic E-state index is -0.469. The zero-order valence-corrected chi connectivity index (χ0v) is 12.0. The minimum absolute atomic E-state index is 0.0349. The number of aliphatic imine (C=N–C) groups is 1. The van der Waals surface area contributed by atoms with Gasteiger partial charge in [-0.05, 0) is 18.2 Å². The van der Waals surface area contributed by atoms with Gasteiger partial charge in [0.25, 0.3) is 5.69 Å². The molecule has 1 aliphatic rings. The lowest BCUT2D eigenvalue weighted by Gasteiger charge is -2.10. The molecule has 1 aliphatic heterocycles. The van der Waals surface area contributed by atoms with Crippen molar-refractivity contribution in [2.24, 2.45) is 4.99 Å². The van der Waals surface area contributed by atoms with E-state index in [1.54, 1.807) is 30.3 Å². The molecule has 0 radical (unpaired) electrons. The molecule has 7 heteroatoms. The van der Waals surface area contributed by atoms with Crippen LogP contribution in [0.2, 0.25) is 5.02 Å². The van der Waals surface area contributed by atoms with E-state index in [2.05, 4.69) is 10.3 Å². The summed E-state index contributed by atoms with van der Waals surface area (Å²) in [7, 11) is 0. The van der Waals surface area contributed by atoms with Crippen molar-refractivity contribution in [2.45, 2.75) is 0 Å². The SMILES string of the molecule is O=C1CN=C(c2cccc([N+](=O)[O-])c2)c2cc(Cl)ccc2N1. The van der Waals surface area contributed by atoms with E-state index in [4.69, 9.17) is 11.6 Å². The number of benzene rings is 2. The van der Waals surface area contributed by atoms with Gasteiger partial charge in [-0.2, -0.15) is 0 Å². The van der Waals surface area contributed by atoms with Crippen molar-refractivity contribution in [3.05, 3.63) is 68.7 Å². The van der Waals surface area contributed by atoms with E-state index in [9.17, 15) is 14.9 Å². The van der Waals surface area contributed by atoms with Crippen molar-refractivity contribution >= 4 is 34.6 Å². The predicted octanol–water partition coefficient (Wildman–Crippen LogP) is 3.04. The number of amides is 1. The van der Waals surface area contributed by atoms with Crippen molar-refractivity contribution in [2.75, 3.05) is 11.9 Å². The molecule has 1 amide bonds. The van der Waals surface area contributed by atoms with Crippen LogP contribution in [-0.2, 0) is 4.79 Å². The van der Waals surface area contributed by atoms with Crippen LogP contribution in [0.4, 0.5) is 11.4 Å². The average Bonchev–Trinajstić information content (AvgIpc) is 2.65. The molecule has 0 unspecified atom stereocenters. The fourth-order valence-corrected chi connectivity index (χ4v) is 2.43. The molecular formula is C15H10ClN3O3. The fourth-order valence-electron chi connectivity index (χ4n) is 2.26. The largest absolute Gasteiger partial charge is 0.324 e. The maximum Gasteiger partial charge on any atom is 0.270 e. The summed E-state index contributed by atoms with van der Waals surface area (Å²) in [6.45, 7) is -0.0513. The number of anilines is 1. The topological polar surface area (TPSA) is 84.6 Å². The van der Waals surface area contributed by atoms with Crippen LogP contribution >= 0.6 is 11.6 Å². The highest BCUT2D eigenvalue weighted by Crippen LogP contribution is 2.27. The molecule has 2 aromatic carbocycles. The highest BCUT2D eigenvalue weighted by Gasteiger charge is 2.19. The molecule has 0 saturated carbocycles. The molecule has 110 valence electrons. The number of rotatable bonds is 2. The molecule has 0 atom stereocenters. The standard InChI is InChI=1S/C15H10ClN3O3/c16-10-4-5-13-12(7-10)15(17-8-14(20)18-13)9-2-1-3-11(6-9)19(21)22/h1-7H,8H2,(H,18,20). The summed E-state index contributed by atoms with van der Waals surface area (Å²) < 4.78 is 0. The van der Waals surface area contributed by atoms with Gasteiger partial charge < -0.3 is 5.32 Å². The average molecular weight is 316 g/mol. The van der Waals surface area contributed by atoms with E-state index in [1.165, 1.54) is 12.1 Å². The third-order valence-electron chi connectivity index (χ3n) is 3.22. The van der Waals surface area contributed by atoms with Crippen LogP contribution in [0.25, 0.3) is 0 Å². The molecule has 1 N–H and O–H groups in total. The van der Waals surface area contributed by atoms with E-state index in [1.807, 2.05) is 0 Å².